The summed E-state index contributed by atoms with van der Waals surface area (Å²) < 4.78 is 37.9. The highest BCUT2D eigenvalue weighted by Gasteiger charge is 2.35. The Balaban J connectivity index is 1.54. The highest BCUT2D eigenvalue weighted by Crippen LogP contribution is 2.32. The number of esters is 1. The number of nitrogens with one attached hydrogen (secondary N) is 1. The van der Waals surface area contributed by atoms with Gasteiger partial charge in [-0.1, -0.05) is 0 Å². The fraction of sp³-hybridized carbons (Fsp3) is 0.684. The van der Waals surface area contributed by atoms with E-state index in [1.165, 1.54) is 36.5 Å². The Morgan fingerprint density at radius 2 is 2.03 bits per heavy atom. The number of carbonyl (C=O) groups excluding carboxylic acids is 1. The number of aromatic nitrogens is 1. The number of sulfonamides is 1. The first-order valence-corrected chi connectivity index (χ1v) is 11.6. The molecule has 1 aromatic heterocycles. The van der Waals surface area contributed by atoms with E-state index in [4.69, 9.17) is 9.47 Å². The molecule has 2 saturated heterocycles. The zero-order chi connectivity index (χ0) is 20.4. The maximum atomic E-state index is 13.2. The highest BCUT2D eigenvalue weighted by atomic mass is 32.2. The lowest BCUT2D eigenvalue weighted by atomic mass is 10.1. The number of anilines is 1. The van der Waals surface area contributed by atoms with Crippen LogP contribution in [0, 0.1) is 5.92 Å². The lowest BCUT2D eigenvalue weighted by molar-refractivity contribution is 0.0600. The third kappa shape index (κ3) is 4.55. The van der Waals surface area contributed by atoms with Crippen molar-refractivity contribution < 1.29 is 22.7 Å². The number of ether oxygens (including phenoxy) is 2. The van der Waals surface area contributed by atoms with Crippen LogP contribution in [0.2, 0.25) is 0 Å². The fourth-order valence-electron chi connectivity index (χ4n) is 3.97. The van der Waals surface area contributed by atoms with E-state index in [1.54, 1.807) is 0 Å². The fourth-order valence-corrected chi connectivity index (χ4v) is 5.52. The first kappa shape index (κ1) is 20.5. The first-order valence-electron chi connectivity index (χ1n) is 10.1. The molecule has 9 nitrogen and oxygen atoms in total. The molecular weight excluding hydrogens is 396 g/mol. The Kier molecular flexibility index (Phi) is 6.05. The lowest BCUT2D eigenvalue weighted by Gasteiger charge is -2.27. The zero-order valence-electron chi connectivity index (χ0n) is 16.7. The average molecular weight is 425 g/mol. The van der Waals surface area contributed by atoms with Gasteiger partial charge in [-0.05, 0) is 37.8 Å². The number of pyridine rings is 1. The second kappa shape index (κ2) is 8.55. The van der Waals surface area contributed by atoms with Crippen LogP contribution in [0.5, 0.6) is 0 Å². The van der Waals surface area contributed by atoms with Crippen molar-refractivity contribution in [1.29, 1.82) is 0 Å². The van der Waals surface area contributed by atoms with Crippen molar-refractivity contribution in [2.45, 2.75) is 30.2 Å². The number of likely N-dealkylation sites (tertiary alicyclic amines) is 1. The van der Waals surface area contributed by atoms with Gasteiger partial charge in [-0.15, -0.1) is 0 Å². The molecule has 0 bridgehead atoms. The quantitative estimate of drug-likeness (QED) is 0.641. The van der Waals surface area contributed by atoms with Gasteiger partial charge in [0.1, 0.15) is 10.7 Å². The number of hydrogen-bond acceptors (Lipinski definition) is 8. The van der Waals surface area contributed by atoms with E-state index >= 15 is 0 Å². The highest BCUT2D eigenvalue weighted by molar-refractivity contribution is 7.89. The number of hydrogen-bond donors (Lipinski definition) is 1. The molecule has 160 valence electrons. The van der Waals surface area contributed by atoms with Crippen LogP contribution >= 0.6 is 0 Å². The third-order valence-electron chi connectivity index (χ3n) is 5.80. The van der Waals surface area contributed by atoms with Crippen molar-refractivity contribution in [2.24, 2.45) is 5.92 Å². The molecule has 0 aromatic carbocycles. The summed E-state index contributed by atoms with van der Waals surface area (Å²) in [5.41, 5.74) is 0.116. The van der Waals surface area contributed by atoms with Gasteiger partial charge in [0, 0.05) is 38.4 Å². The van der Waals surface area contributed by atoms with Gasteiger partial charge in [0.05, 0.1) is 25.9 Å². The Labute approximate surface area is 171 Å². The van der Waals surface area contributed by atoms with Crippen LogP contribution < -0.4 is 5.32 Å². The summed E-state index contributed by atoms with van der Waals surface area (Å²) in [7, 11) is -2.55. The minimum absolute atomic E-state index is 0.0133. The van der Waals surface area contributed by atoms with Gasteiger partial charge >= 0.3 is 5.97 Å². The summed E-state index contributed by atoms with van der Waals surface area (Å²) in [6.45, 7) is 4.05. The third-order valence-corrected chi connectivity index (χ3v) is 7.71. The number of nitrogens with zero attached hydrogens (tertiary/aromatic N) is 3. The average Bonchev–Trinajstić information content (AvgIpc) is 3.50. The minimum Gasteiger partial charge on any atom is -0.465 e. The second-order valence-electron chi connectivity index (χ2n) is 7.84. The molecule has 3 heterocycles. The SMILES string of the molecule is COC(=O)c1cnc(NC[C@@H]2CCN(C3CC3)C2)c(S(=O)(=O)N2CCOCC2)c1. The molecule has 3 fully saturated rings. The molecule has 0 unspecified atom stereocenters. The van der Waals surface area contributed by atoms with Crippen molar-refractivity contribution in [3.8, 4) is 0 Å². The maximum Gasteiger partial charge on any atom is 0.339 e. The minimum atomic E-state index is -3.81. The van der Waals surface area contributed by atoms with Crippen LogP contribution in [0.4, 0.5) is 5.82 Å². The van der Waals surface area contributed by atoms with Crippen LogP contribution in [0.3, 0.4) is 0 Å². The number of morpholine rings is 1. The predicted octanol–water partition coefficient (Wildman–Crippen LogP) is 0.785. The lowest BCUT2D eigenvalue weighted by Crippen LogP contribution is -2.41. The van der Waals surface area contributed by atoms with E-state index in [1.807, 2.05) is 0 Å². The van der Waals surface area contributed by atoms with Gasteiger partial charge in [0.2, 0.25) is 10.0 Å². The molecule has 29 heavy (non-hydrogen) atoms. The molecule has 0 radical (unpaired) electrons. The van der Waals surface area contributed by atoms with Gasteiger partial charge in [-0.3, -0.25) is 0 Å². The summed E-state index contributed by atoms with van der Waals surface area (Å²) in [6, 6.07) is 2.10. The zero-order valence-corrected chi connectivity index (χ0v) is 17.5. The van der Waals surface area contributed by atoms with Gasteiger partial charge in [-0.2, -0.15) is 4.31 Å². The monoisotopic (exact) mass is 424 g/mol. The van der Waals surface area contributed by atoms with Crippen molar-refractivity contribution in [3.05, 3.63) is 17.8 Å². The van der Waals surface area contributed by atoms with E-state index in [2.05, 4.69) is 15.2 Å². The van der Waals surface area contributed by atoms with Gasteiger partial charge in [0.25, 0.3) is 0 Å². The van der Waals surface area contributed by atoms with E-state index in [0.29, 0.717) is 25.7 Å². The van der Waals surface area contributed by atoms with E-state index < -0.39 is 16.0 Å². The van der Waals surface area contributed by atoms with Crippen LogP contribution in [0.25, 0.3) is 0 Å². The number of rotatable bonds is 7. The smallest absolute Gasteiger partial charge is 0.339 e. The summed E-state index contributed by atoms with van der Waals surface area (Å²) >= 11 is 0. The van der Waals surface area contributed by atoms with Crippen LogP contribution in [0.1, 0.15) is 29.6 Å². The molecule has 1 N–H and O–H groups in total. The van der Waals surface area contributed by atoms with Crippen molar-refractivity contribution in [1.82, 2.24) is 14.2 Å². The topological polar surface area (TPSA) is 101 Å². The molecular formula is C19H28N4O5S. The summed E-state index contributed by atoms with van der Waals surface area (Å²) in [6.07, 6.45) is 5.03. The predicted molar refractivity (Wildman–Crippen MR) is 106 cm³/mol. The summed E-state index contributed by atoms with van der Waals surface area (Å²) in [4.78, 5) is 18.7. The van der Waals surface area contributed by atoms with E-state index in [9.17, 15) is 13.2 Å². The standard InChI is InChI=1S/C19H28N4O5S/c1-27-19(24)15-10-17(29(25,26)23-6-8-28-9-7-23)18(21-12-15)20-11-14-4-5-22(13-14)16-2-3-16/h10,12,14,16H,2-9,11,13H2,1H3,(H,20,21)/t14-/m0/s1. The van der Waals surface area contributed by atoms with Crippen molar-refractivity contribution >= 4 is 21.8 Å². The Morgan fingerprint density at radius 3 is 2.72 bits per heavy atom. The van der Waals surface area contributed by atoms with E-state index in [-0.39, 0.29) is 29.4 Å². The van der Waals surface area contributed by atoms with Gasteiger partial charge in [-0.25, -0.2) is 18.2 Å². The molecule has 3 aliphatic rings. The number of carbonyl (C=O) groups is 1. The Bertz CT molecular complexity index is 852. The molecule has 10 heteroatoms. The number of methoxy groups -OCH3 is 1. The summed E-state index contributed by atoms with van der Waals surface area (Å²) in [5, 5.41) is 3.24. The molecule has 4 rings (SSSR count). The maximum absolute atomic E-state index is 13.2. The van der Waals surface area contributed by atoms with Crippen molar-refractivity contribution in [2.75, 3.05) is 58.4 Å². The molecule has 1 aromatic rings. The largest absolute Gasteiger partial charge is 0.465 e. The summed E-state index contributed by atoms with van der Waals surface area (Å²) in [5.74, 6) is 0.129. The van der Waals surface area contributed by atoms with Crippen molar-refractivity contribution in [3.63, 3.8) is 0 Å². The normalized spacial score (nSPS) is 23.8. The van der Waals surface area contributed by atoms with Gasteiger partial charge < -0.3 is 19.7 Å². The molecule has 2 aliphatic heterocycles. The first-order chi connectivity index (χ1) is 14.0. The Morgan fingerprint density at radius 1 is 1.28 bits per heavy atom. The molecule has 1 aliphatic carbocycles. The second-order valence-corrected chi connectivity index (χ2v) is 9.75. The molecule has 0 amide bonds. The van der Waals surface area contributed by atoms with Crippen LogP contribution in [-0.2, 0) is 19.5 Å². The van der Waals surface area contributed by atoms with Gasteiger partial charge in [0.15, 0.2) is 0 Å². The molecule has 1 saturated carbocycles. The Hall–Kier alpha value is -1.75. The molecule has 1 atom stereocenters. The van der Waals surface area contributed by atoms with Crippen LogP contribution in [-0.4, -0.2) is 87.7 Å². The molecule has 0 spiro atoms. The van der Waals surface area contributed by atoms with E-state index in [0.717, 1.165) is 25.6 Å². The van der Waals surface area contributed by atoms with Crippen LogP contribution in [0.15, 0.2) is 17.2 Å².